The number of hydrogen-bond acceptors (Lipinski definition) is 2. The average Bonchev–Trinajstić information content (AvgIpc) is 2.35. The molecule has 0 fully saturated rings. The maximum absolute atomic E-state index is 13.3. The summed E-state index contributed by atoms with van der Waals surface area (Å²) in [7, 11) is 0. The average molecular weight is 340 g/mol. The summed E-state index contributed by atoms with van der Waals surface area (Å²) in [6.07, 6.45) is 0. The first-order chi connectivity index (χ1) is 8.99. The zero-order valence-electron chi connectivity index (χ0n) is 10.1. The van der Waals surface area contributed by atoms with Crippen LogP contribution in [0.1, 0.15) is 11.1 Å². The first-order valence-corrected chi connectivity index (χ1v) is 6.71. The van der Waals surface area contributed by atoms with Gasteiger partial charge in [0.05, 0.1) is 10.0 Å². The highest BCUT2D eigenvalue weighted by Crippen LogP contribution is 2.34. The van der Waals surface area contributed by atoms with Crippen LogP contribution < -0.4 is 10.5 Å². The van der Waals surface area contributed by atoms with Gasteiger partial charge in [-0.1, -0.05) is 24.4 Å². The van der Waals surface area contributed by atoms with E-state index in [1.165, 1.54) is 12.1 Å². The van der Waals surface area contributed by atoms with Gasteiger partial charge in [0.15, 0.2) is 0 Å². The van der Waals surface area contributed by atoms with Crippen LogP contribution in [0.3, 0.4) is 0 Å². The summed E-state index contributed by atoms with van der Waals surface area (Å²) in [4.78, 5) is 0.242. The quantitative estimate of drug-likeness (QED) is 0.845. The van der Waals surface area contributed by atoms with Crippen molar-refractivity contribution in [2.45, 2.75) is 6.92 Å². The summed E-state index contributed by atoms with van der Waals surface area (Å²) in [5.41, 5.74) is 7.18. The molecule has 0 aliphatic rings. The van der Waals surface area contributed by atoms with Gasteiger partial charge in [-0.25, -0.2) is 4.39 Å². The Morgan fingerprint density at radius 2 is 2.05 bits per heavy atom. The van der Waals surface area contributed by atoms with Crippen LogP contribution in [-0.4, -0.2) is 4.99 Å². The van der Waals surface area contributed by atoms with Crippen molar-refractivity contribution >= 4 is 33.1 Å². The first-order valence-electron chi connectivity index (χ1n) is 5.51. The number of nitrogens with two attached hydrogens (primary N) is 1. The van der Waals surface area contributed by atoms with Crippen LogP contribution in [0.5, 0.6) is 11.5 Å². The molecule has 0 unspecified atom stereocenters. The van der Waals surface area contributed by atoms with Gasteiger partial charge in [-0.05, 0) is 46.6 Å². The number of aryl methyl sites for hydroxylation is 1. The minimum atomic E-state index is -0.372. The van der Waals surface area contributed by atoms with E-state index in [2.05, 4.69) is 15.9 Å². The normalized spacial score (nSPS) is 10.3. The van der Waals surface area contributed by atoms with Gasteiger partial charge in [0.2, 0.25) is 0 Å². The lowest BCUT2D eigenvalue weighted by Crippen LogP contribution is -2.11. The summed E-state index contributed by atoms with van der Waals surface area (Å²) < 4.78 is 19.7. The lowest BCUT2D eigenvalue weighted by molar-refractivity contribution is 0.469. The number of ether oxygens (including phenoxy) is 1. The smallest absolute Gasteiger partial charge is 0.144 e. The molecule has 2 aromatic rings. The molecule has 0 aromatic heterocycles. The van der Waals surface area contributed by atoms with Crippen molar-refractivity contribution in [3.63, 3.8) is 0 Å². The zero-order chi connectivity index (χ0) is 14.0. The SMILES string of the molecule is Cc1cccc(C(N)=S)c1Oc1cc(F)ccc1Br. The van der Waals surface area contributed by atoms with Gasteiger partial charge < -0.3 is 10.5 Å². The zero-order valence-corrected chi connectivity index (χ0v) is 12.5. The molecule has 5 heteroatoms. The van der Waals surface area contributed by atoms with Crippen LogP contribution >= 0.6 is 28.1 Å². The molecule has 2 rings (SSSR count). The fourth-order valence-corrected chi connectivity index (χ4v) is 2.14. The van der Waals surface area contributed by atoms with Crippen LogP contribution in [0.2, 0.25) is 0 Å². The van der Waals surface area contributed by atoms with Gasteiger partial charge in [-0.2, -0.15) is 0 Å². The molecule has 0 amide bonds. The third-order valence-electron chi connectivity index (χ3n) is 2.58. The van der Waals surface area contributed by atoms with Crippen LogP contribution in [0.4, 0.5) is 4.39 Å². The molecule has 0 radical (unpaired) electrons. The van der Waals surface area contributed by atoms with Crippen molar-refractivity contribution in [2.75, 3.05) is 0 Å². The van der Waals surface area contributed by atoms with Gasteiger partial charge in [-0.3, -0.25) is 0 Å². The highest BCUT2D eigenvalue weighted by molar-refractivity contribution is 9.10. The highest BCUT2D eigenvalue weighted by Gasteiger charge is 2.12. The second kappa shape index (κ2) is 5.67. The number of thiocarbonyl (C=S) groups is 1. The molecular formula is C14H11BrFNOS. The van der Waals surface area contributed by atoms with E-state index in [-0.39, 0.29) is 10.8 Å². The summed E-state index contributed by atoms with van der Waals surface area (Å²) in [5.74, 6) is 0.553. The Balaban J connectivity index is 2.49. The minimum Gasteiger partial charge on any atom is -0.455 e. The fourth-order valence-electron chi connectivity index (χ4n) is 1.65. The minimum absolute atomic E-state index is 0.242. The molecule has 19 heavy (non-hydrogen) atoms. The monoisotopic (exact) mass is 339 g/mol. The molecule has 0 heterocycles. The number of rotatable bonds is 3. The van der Waals surface area contributed by atoms with E-state index in [1.54, 1.807) is 12.1 Å². The van der Waals surface area contributed by atoms with Gasteiger partial charge >= 0.3 is 0 Å². The maximum atomic E-state index is 13.3. The largest absolute Gasteiger partial charge is 0.455 e. The molecule has 0 atom stereocenters. The van der Waals surface area contributed by atoms with Crippen LogP contribution in [0, 0.1) is 12.7 Å². The highest BCUT2D eigenvalue weighted by atomic mass is 79.9. The van der Waals surface area contributed by atoms with E-state index in [0.29, 0.717) is 21.5 Å². The Morgan fingerprint density at radius 1 is 1.32 bits per heavy atom. The number of benzene rings is 2. The van der Waals surface area contributed by atoms with E-state index < -0.39 is 0 Å². The number of halogens is 2. The summed E-state index contributed by atoms with van der Waals surface area (Å²) in [6, 6.07) is 9.74. The molecular weight excluding hydrogens is 329 g/mol. The van der Waals surface area contributed by atoms with Gasteiger partial charge in [0, 0.05) is 6.07 Å². The van der Waals surface area contributed by atoms with Crippen molar-refractivity contribution in [3.05, 3.63) is 57.8 Å². The van der Waals surface area contributed by atoms with E-state index >= 15 is 0 Å². The topological polar surface area (TPSA) is 35.2 Å². The van der Waals surface area contributed by atoms with Gasteiger partial charge in [0.1, 0.15) is 22.3 Å². The van der Waals surface area contributed by atoms with Crippen LogP contribution in [-0.2, 0) is 0 Å². The first kappa shape index (κ1) is 14.0. The molecule has 0 saturated heterocycles. The summed E-state index contributed by atoms with van der Waals surface area (Å²) >= 11 is 8.31. The Bertz CT molecular complexity index is 645. The Labute approximate surface area is 124 Å². The third kappa shape index (κ3) is 3.11. The maximum Gasteiger partial charge on any atom is 0.144 e. The Kier molecular flexibility index (Phi) is 4.17. The molecule has 2 nitrogen and oxygen atoms in total. The van der Waals surface area contributed by atoms with E-state index in [9.17, 15) is 4.39 Å². The van der Waals surface area contributed by atoms with Gasteiger partial charge in [0.25, 0.3) is 0 Å². The van der Waals surface area contributed by atoms with Gasteiger partial charge in [-0.15, -0.1) is 0 Å². The summed E-state index contributed by atoms with van der Waals surface area (Å²) in [6.45, 7) is 1.88. The second-order valence-electron chi connectivity index (χ2n) is 3.99. The fraction of sp³-hybridized carbons (Fsp3) is 0.0714. The van der Waals surface area contributed by atoms with Crippen molar-refractivity contribution in [1.82, 2.24) is 0 Å². The second-order valence-corrected chi connectivity index (χ2v) is 5.29. The molecule has 0 bridgehead atoms. The van der Waals surface area contributed by atoms with Crippen LogP contribution in [0.15, 0.2) is 40.9 Å². The van der Waals surface area contributed by atoms with E-state index in [1.807, 2.05) is 19.1 Å². The molecule has 98 valence electrons. The van der Waals surface area contributed by atoms with Crippen molar-refractivity contribution < 1.29 is 9.13 Å². The molecule has 0 aliphatic heterocycles. The lowest BCUT2D eigenvalue weighted by atomic mass is 10.1. The van der Waals surface area contributed by atoms with Crippen molar-refractivity contribution in [2.24, 2.45) is 5.73 Å². The molecule has 0 saturated carbocycles. The predicted molar refractivity (Wildman–Crippen MR) is 81.2 cm³/mol. The number of para-hydroxylation sites is 1. The Hall–Kier alpha value is -1.46. The molecule has 2 aromatic carbocycles. The molecule has 2 N–H and O–H groups in total. The molecule has 0 aliphatic carbocycles. The van der Waals surface area contributed by atoms with Crippen molar-refractivity contribution in [1.29, 1.82) is 0 Å². The lowest BCUT2D eigenvalue weighted by Gasteiger charge is -2.14. The predicted octanol–water partition coefficient (Wildman–Crippen LogP) is 4.32. The Morgan fingerprint density at radius 3 is 2.74 bits per heavy atom. The third-order valence-corrected chi connectivity index (χ3v) is 3.46. The summed E-state index contributed by atoms with van der Waals surface area (Å²) in [5, 5.41) is 0. The van der Waals surface area contributed by atoms with E-state index in [4.69, 9.17) is 22.7 Å². The number of hydrogen-bond donors (Lipinski definition) is 1. The van der Waals surface area contributed by atoms with E-state index in [0.717, 1.165) is 5.56 Å². The van der Waals surface area contributed by atoms with Crippen LogP contribution in [0.25, 0.3) is 0 Å². The van der Waals surface area contributed by atoms with Crippen molar-refractivity contribution in [3.8, 4) is 11.5 Å². The standard InChI is InChI=1S/C14H11BrFNOS/c1-8-3-2-4-10(14(17)19)13(8)18-12-7-9(16)5-6-11(12)15/h2-7H,1H3,(H2,17,19). The molecule has 0 spiro atoms.